The quantitative estimate of drug-likeness (QED) is 0.721. The van der Waals surface area contributed by atoms with E-state index in [9.17, 15) is 9.59 Å². The van der Waals surface area contributed by atoms with Crippen LogP contribution in [0.25, 0.3) is 11.3 Å². The topological polar surface area (TPSA) is 80.8 Å². The van der Waals surface area contributed by atoms with Crippen molar-refractivity contribution in [3.05, 3.63) is 48.2 Å². The van der Waals surface area contributed by atoms with Gasteiger partial charge in [0.1, 0.15) is 11.4 Å². The summed E-state index contributed by atoms with van der Waals surface area (Å²) in [5.74, 6) is 1.11. The third-order valence-electron chi connectivity index (χ3n) is 5.28. The average Bonchev–Trinajstić information content (AvgIpc) is 2.76. The second kappa shape index (κ2) is 10.5. The molecule has 1 aromatic carbocycles. The highest BCUT2D eigenvalue weighted by Crippen LogP contribution is 2.23. The molecule has 1 fully saturated rings. The maximum absolute atomic E-state index is 12.2. The summed E-state index contributed by atoms with van der Waals surface area (Å²) in [7, 11) is 0. The van der Waals surface area contributed by atoms with Gasteiger partial charge in [0.2, 0.25) is 5.91 Å². The molecule has 2 heterocycles. The molecule has 0 saturated carbocycles. The molecule has 172 valence electrons. The van der Waals surface area contributed by atoms with E-state index in [0.717, 1.165) is 35.4 Å². The van der Waals surface area contributed by atoms with Gasteiger partial charge >= 0.3 is 6.09 Å². The van der Waals surface area contributed by atoms with Gasteiger partial charge < -0.3 is 19.7 Å². The van der Waals surface area contributed by atoms with Gasteiger partial charge in [-0.15, -0.1) is 0 Å². The molecule has 1 aliphatic rings. The van der Waals surface area contributed by atoms with Crippen molar-refractivity contribution in [2.45, 2.75) is 52.7 Å². The molecule has 3 rings (SSSR count). The summed E-state index contributed by atoms with van der Waals surface area (Å²) in [6, 6.07) is 11.9. The number of piperidine rings is 1. The van der Waals surface area contributed by atoms with Crippen LogP contribution in [0.5, 0.6) is 5.75 Å². The number of rotatable bonds is 6. The molecule has 0 aliphatic carbocycles. The van der Waals surface area contributed by atoms with Gasteiger partial charge in [-0.25, -0.2) is 4.79 Å². The number of pyridine rings is 1. The zero-order valence-corrected chi connectivity index (χ0v) is 19.4. The van der Waals surface area contributed by atoms with Crippen molar-refractivity contribution >= 4 is 12.0 Å². The van der Waals surface area contributed by atoms with Gasteiger partial charge in [0, 0.05) is 32.1 Å². The molecule has 7 heteroatoms. The molecule has 1 saturated heterocycles. The van der Waals surface area contributed by atoms with Crippen molar-refractivity contribution in [2.75, 3.05) is 19.7 Å². The highest BCUT2D eigenvalue weighted by Gasteiger charge is 2.27. The lowest BCUT2D eigenvalue weighted by Crippen LogP contribution is -2.42. The summed E-state index contributed by atoms with van der Waals surface area (Å²) >= 11 is 0. The number of hydrogen-bond acceptors (Lipinski definition) is 5. The minimum Gasteiger partial charge on any atom is -0.492 e. The minimum absolute atomic E-state index is 0.0417. The second-order valence-electron chi connectivity index (χ2n) is 9.21. The summed E-state index contributed by atoms with van der Waals surface area (Å²) in [5, 5.41) is 2.79. The first kappa shape index (κ1) is 23.6. The molecule has 0 unspecified atom stereocenters. The summed E-state index contributed by atoms with van der Waals surface area (Å²) < 4.78 is 11.4. The average molecular weight is 440 g/mol. The zero-order valence-electron chi connectivity index (χ0n) is 19.4. The lowest BCUT2D eigenvalue weighted by Gasteiger charge is -2.33. The van der Waals surface area contributed by atoms with Crippen LogP contribution in [-0.2, 0) is 16.1 Å². The summed E-state index contributed by atoms with van der Waals surface area (Å²) in [6.45, 7) is 9.68. The van der Waals surface area contributed by atoms with Crippen LogP contribution >= 0.6 is 0 Å². The molecular formula is C25H33N3O4. The lowest BCUT2D eigenvalue weighted by molar-refractivity contribution is -0.119. The third kappa shape index (κ3) is 7.25. The number of likely N-dealkylation sites (tertiary alicyclic amines) is 1. The molecule has 1 N–H and O–H groups in total. The number of benzene rings is 1. The first-order chi connectivity index (χ1) is 15.2. The largest absolute Gasteiger partial charge is 0.492 e. The number of nitrogens with one attached hydrogen (secondary N) is 1. The standard InChI is InChI=1S/C25H33N3O4/c1-18(29)26-15-19-5-7-21(8-6-19)23-10-9-22(16-27-23)31-17-20-11-13-28(14-12-20)24(30)32-25(2,3)4/h5-10,16,20H,11-15,17H2,1-4H3,(H,26,29). The Hall–Kier alpha value is -3.09. The van der Waals surface area contributed by atoms with Gasteiger partial charge in [-0.2, -0.15) is 0 Å². The van der Waals surface area contributed by atoms with E-state index in [-0.39, 0.29) is 12.0 Å². The fourth-order valence-electron chi connectivity index (χ4n) is 3.48. The van der Waals surface area contributed by atoms with Crippen LogP contribution in [0, 0.1) is 5.92 Å². The van der Waals surface area contributed by atoms with Crippen molar-refractivity contribution in [2.24, 2.45) is 5.92 Å². The highest BCUT2D eigenvalue weighted by molar-refractivity contribution is 5.72. The number of amides is 2. The summed E-state index contributed by atoms with van der Waals surface area (Å²) in [5.41, 5.74) is 2.46. The third-order valence-corrected chi connectivity index (χ3v) is 5.28. The molecule has 2 amide bonds. The van der Waals surface area contributed by atoms with Crippen LogP contribution in [0.4, 0.5) is 4.79 Å². The minimum atomic E-state index is -0.467. The van der Waals surface area contributed by atoms with Crippen LogP contribution in [0.15, 0.2) is 42.6 Å². The molecule has 0 atom stereocenters. The molecule has 0 spiro atoms. The normalized spacial score (nSPS) is 14.7. The molecule has 0 radical (unpaired) electrons. The maximum Gasteiger partial charge on any atom is 0.410 e. The monoisotopic (exact) mass is 439 g/mol. The van der Waals surface area contributed by atoms with E-state index >= 15 is 0 Å². The number of hydrogen-bond donors (Lipinski definition) is 1. The van der Waals surface area contributed by atoms with Crippen molar-refractivity contribution in [1.82, 2.24) is 15.2 Å². The van der Waals surface area contributed by atoms with Gasteiger partial charge in [0.15, 0.2) is 0 Å². The van der Waals surface area contributed by atoms with E-state index in [1.807, 2.05) is 57.2 Å². The molecule has 0 bridgehead atoms. The van der Waals surface area contributed by atoms with Gasteiger partial charge in [0.25, 0.3) is 0 Å². The van der Waals surface area contributed by atoms with E-state index in [1.165, 1.54) is 6.92 Å². The van der Waals surface area contributed by atoms with Crippen LogP contribution in [0.1, 0.15) is 46.1 Å². The molecule has 7 nitrogen and oxygen atoms in total. The van der Waals surface area contributed by atoms with Gasteiger partial charge in [-0.3, -0.25) is 9.78 Å². The fraction of sp³-hybridized carbons (Fsp3) is 0.480. The van der Waals surface area contributed by atoms with Crippen LogP contribution < -0.4 is 10.1 Å². The van der Waals surface area contributed by atoms with Crippen molar-refractivity contribution in [1.29, 1.82) is 0 Å². The molecule has 2 aromatic rings. The Morgan fingerprint density at radius 1 is 1.09 bits per heavy atom. The van der Waals surface area contributed by atoms with Gasteiger partial charge in [-0.1, -0.05) is 24.3 Å². The predicted molar refractivity (Wildman–Crippen MR) is 123 cm³/mol. The van der Waals surface area contributed by atoms with Crippen molar-refractivity contribution in [3.63, 3.8) is 0 Å². The summed E-state index contributed by atoms with van der Waals surface area (Å²) in [6.07, 6.45) is 3.31. The first-order valence-electron chi connectivity index (χ1n) is 11.1. The SMILES string of the molecule is CC(=O)NCc1ccc(-c2ccc(OCC3CCN(C(=O)OC(C)(C)C)CC3)cn2)cc1. The van der Waals surface area contributed by atoms with E-state index in [1.54, 1.807) is 11.1 Å². The first-order valence-corrected chi connectivity index (χ1v) is 11.1. The second-order valence-corrected chi connectivity index (χ2v) is 9.21. The van der Waals surface area contributed by atoms with Gasteiger partial charge in [0.05, 0.1) is 18.5 Å². The Bertz CT molecular complexity index is 896. The predicted octanol–water partition coefficient (Wildman–Crippen LogP) is 4.41. The van der Waals surface area contributed by atoms with Crippen LogP contribution in [0.3, 0.4) is 0 Å². The smallest absolute Gasteiger partial charge is 0.410 e. The summed E-state index contributed by atoms with van der Waals surface area (Å²) in [4.78, 5) is 29.5. The Morgan fingerprint density at radius 3 is 2.34 bits per heavy atom. The number of ether oxygens (including phenoxy) is 2. The molecular weight excluding hydrogens is 406 g/mol. The van der Waals surface area contributed by atoms with E-state index in [2.05, 4.69) is 10.3 Å². The van der Waals surface area contributed by atoms with Crippen molar-refractivity contribution < 1.29 is 19.1 Å². The zero-order chi connectivity index (χ0) is 23.1. The maximum atomic E-state index is 12.2. The number of nitrogens with zero attached hydrogens (tertiary/aromatic N) is 2. The number of carbonyl (C=O) groups excluding carboxylic acids is 2. The fourth-order valence-corrected chi connectivity index (χ4v) is 3.48. The number of aromatic nitrogens is 1. The molecule has 1 aliphatic heterocycles. The lowest BCUT2D eigenvalue weighted by atomic mass is 9.98. The van der Waals surface area contributed by atoms with E-state index in [0.29, 0.717) is 32.2 Å². The Kier molecular flexibility index (Phi) is 7.72. The highest BCUT2D eigenvalue weighted by atomic mass is 16.6. The van der Waals surface area contributed by atoms with Crippen molar-refractivity contribution in [3.8, 4) is 17.0 Å². The number of carbonyl (C=O) groups is 2. The Balaban J connectivity index is 1.44. The molecule has 32 heavy (non-hydrogen) atoms. The molecule has 1 aromatic heterocycles. The Labute approximate surface area is 190 Å². The van der Waals surface area contributed by atoms with Crippen LogP contribution in [0.2, 0.25) is 0 Å². The van der Waals surface area contributed by atoms with E-state index in [4.69, 9.17) is 9.47 Å². The Morgan fingerprint density at radius 2 is 1.78 bits per heavy atom. The van der Waals surface area contributed by atoms with E-state index < -0.39 is 5.60 Å². The van der Waals surface area contributed by atoms with Gasteiger partial charge in [-0.05, 0) is 57.2 Å². The van der Waals surface area contributed by atoms with Crippen LogP contribution in [-0.4, -0.2) is 47.2 Å².